The number of rotatable bonds is 10. The molecule has 1 aromatic carbocycles. The molecule has 0 unspecified atom stereocenters. The minimum Gasteiger partial charge on any atom is -0.493 e. The van der Waals surface area contributed by atoms with Crippen molar-refractivity contribution in [3.8, 4) is 22.8 Å². The first-order valence-electron chi connectivity index (χ1n) is 14.5. The number of pyridine rings is 1. The highest BCUT2D eigenvalue weighted by atomic mass is 35.5. The van der Waals surface area contributed by atoms with Gasteiger partial charge in [-0.3, -0.25) is 19.5 Å². The van der Waals surface area contributed by atoms with E-state index in [4.69, 9.17) is 25.8 Å². The predicted octanol–water partition coefficient (Wildman–Crippen LogP) is 3.64. The average Bonchev–Trinajstić information content (AvgIpc) is 3.37. The number of hydrogen-bond donors (Lipinski definition) is 3. The molecule has 2 amide bonds. The summed E-state index contributed by atoms with van der Waals surface area (Å²) in [7, 11) is 1.55. The Labute approximate surface area is 255 Å². The highest BCUT2D eigenvalue weighted by Crippen LogP contribution is 2.43. The van der Waals surface area contributed by atoms with Crippen LogP contribution < -0.4 is 20.1 Å². The molecule has 6 rings (SSSR count). The quantitative estimate of drug-likeness (QED) is 0.299. The molecule has 0 bridgehead atoms. The van der Waals surface area contributed by atoms with Crippen molar-refractivity contribution >= 4 is 34.8 Å². The monoisotopic (exact) mass is 606 g/mol. The van der Waals surface area contributed by atoms with Crippen LogP contribution in [0.4, 0.5) is 11.4 Å². The molecule has 5 heterocycles. The lowest BCUT2D eigenvalue weighted by atomic mass is 10.0. The molecular weight excluding hydrogens is 572 g/mol. The SMILES string of the molecule is COc1c(Cl)cccc1Nc1c(-c2ccncc2OC[C@H]2CCN2C(=O)/C=C/CN2CCOCC2)[nH]c2c1C(=O)NCC2. The van der Waals surface area contributed by atoms with Crippen molar-refractivity contribution in [2.45, 2.75) is 18.9 Å². The summed E-state index contributed by atoms with van der Waals surface area (Å²) in [6.45, 7) is 5.52. The normalized spacial score (nSPS) is 18.6. The number of hydrogen-bond acceptors (Lipinski definition) is 8. The van der Waals surface area contributed by atoms with E-state index in [-0.39, 0.29) is 17.9 Å². The molecule has 2 fully saturated rings. The second-order valence-electron chi connectivity index (χ2n) is 10.7. The first-order chi connectivity index (χ1) is 21.0. The van der Waals surface area contributed by atoms with Crippen LogP contribution >= 0.6 is 11.6 Å². The van der Waals surface area contributed by atoms with Gasteiger partial charge in [0.15, 0.2) is 5.75 Å². The van der Waals surface area contributed by atoms with E-state index in [0.717, 1.165) is 50.5 Å². The molecule has 2 saturated heterocycles. The Kier molecular flexibility index (Phi) is 8.82. The minimum atomic E-state index is -0.172. The van der Waals surface area contributed by atoms with Gasteiger partial charge in [0.25, 0.3) is 5.91 Å². The number of anilines is 2. The van der Waals surface area contributed by atoms with Crippen molar-refractivity contribution in [1.82, 2.24) is 25.1 Å². The number of likely N-dealkylation sites (tertiary alicyclic amines) is 1. The fourth-order valence-corrected chi connectivity index (χ4v) is 5.88. The lowest BCUT2D eigenvalue weighted by Crippen LogP contribution is -2.53. The number of para-hydroxylation sites is 1. The third-order valence-corrected chi connectivity index (χ3v) is 8.33. The Morgan fingerprint density at radius 3 is 2.91 bits per heavy atom. The summed E-state index contributed by atoms with van der Waals surface area (Å²) in [4.78, 5) is 37.8. The maximum absolute atomic E-state index is 13.1. The number of aromatic nitrogens is 2. The molecular formula is C31H35ClN6O5. The minimum absolute atomic E-state index is 0.00969. The van der Waals surface area contributed by atoms with Gasteiger partial charge < -0.3 is 34.7 Å². The number of carbonyl (C=O) groups excluding carboxylic acids is 2. The molecule has 0 spiro atoms. The number of amides is 2. The van der Waals surface area contributed by atoms with Gasteiger partial charge in [0.05, 0.1) is 60.2 Å². The van der Waals surface area contributed by atoms with Gasteiger partial charge in [-0.25, -0.2) is 0 Å². The number of ether oxygens (including phenoxy) is 3. The second kappa shape index (κ2) is 13.1. The van der Waals surface area contributed by atoms with Gasteiger partial charge in [0.2, 0.25) is 5.91 Å². The molecule has 3 aliphatic rings. The van der Waals surface area contributed by atoms with Crippen LogP contribution in [0.15, 0.2) is 48.8 Å². The third kappa shape index (κ3) is 6.20. The van der Waals surface area contributed by atoms with Crippen molar-refractivity contribution < 1.29 is 23.8 Å². The van der Waals surface area contributed by atoms with Gasteiger partial charge in [-0.1, -0.05) is 23.7 Å². The Hall–Kier alpha value is -4.06. The topological polar surface area (TPSA) is 121 Å². The Bertz CT molecular complexity index is 1520. The number of fused-ring (bicyclic) bond motifs is 1. The van der Waals surface area contributed by atoms with Crippen LogP contribution in [0, 0.1) is 0 Å². The molecule has 0 aliphatic carbocycles. The Morgan fingerprint density at radius 1 is 1.26 bits per heavy atom. The van der Waals surface area contributed by atoms with Crippen LogP contribution in [0.3, 0.4) is 0 Å². The van der Waals surface area contributed by atoms with Gasteiger partial charge >= 0.3 is 0 Å². The zero-order valence-electron chi connectivity index (χ0n) is 24.0. The van der Waals surface area contributed by atoms with E-state index >= 15 is 0 Å². The maximum Gasteiger partial charge on any atom is 0.255 e. The molecule has 11 nitrogen and oxygen atoms in total. The zero-order valence-corrected chi connectivity index (χ0v) is 24.8. The largest absolute Gasteiger partial charge is 0.493 e. The number of H-pyrrole nitrogens is 1. The van der Waals surface area contributed by atoms with Crippen LogP contribution in [0.2, 0.25) is 5.02 Å². The number of morpholine rings is 1. The molecule has 3 aliphatic heterocycles. The fourth-order valence-electron chi connectivity index (χ4n) is 5.63. The highest BCUT2D eigenvalue weighted by Gasteiger charge is 2.33. The highest BCUT2D eigenvalue weighted by molar-refractivity contribution is 6.32. The predicted molar refractivity (Wildman–Crippen MR) is 163 cm³/mol. The van der Waals surface area contributed by atoms with Gasteiger partial charge in [0.1, 0.15) is 12.4 Å². The number of benzene rings is 1. The van der Waals surface area contributed by atoms with Gasteiger partial charge in [0, 0.05) is 62.7 Å². The summed E-state index contributed by atoms with van der Waals surface area (Å²) in [6.07, 6.45) is 8.44. The van der Waals surface area contributed by atoms with Crippen LogP contribution in [-0.4, -0.2) is 97.3 Å². The number of methoxy groups -OCH3 is 1. The number of carbonyl (C=O) groups is 2. The average molecular weight is 607 g/mol. The molecule has 3 aromatic rings. The smallest absolute Gasteiger partial charge is 0.255 e. The number of aromatic amines is 1. The van der Waals surface area contributed by atoms with Crippen molar-refractivity contribution in [3.05, 3.63) is 65.1 Å². The van der Waals surface area contributed by atoms with Crippen molar-refractivity contribution in [3.63, 3.8) is 0 Å². The van der Waals surface area contributed by atoms with E-state index in [2.05, 4.69) is 25.5 Å². The molecule has 3 N–H and O–H groups in total. The number of nitrogens with zero attached hydrogens (tertiary/aromatic N) is 3. The van der Waals surface area contributed by atoms with Crippen LogP contribution in [0.1, 0.15) is 22.5 Å². The van der Waals surface area contributed by atoms with Crippen molar-refractivity contribution in [2.75, 3.05) is 65.0 Å². The fraction of sp³-hybridized carbons (Fsp3) is 0.387. The summed E-state index contributed by atoms with van der Waals surface area (Å²) < 4.78 is 17.2. The summed E-state index contributed by atoms with van der Waals surface area (Å²) >= 11 is 6.39. The van der Waals surface area contributed by atoms with E-state index in [9.17, 15) is 9.59 Å². The van der Waals surface area contributed by atoms with E-state index in [1.54, 1.807) is 31.6 Å². The first kappa shape index (κ1) is 29.0. The summed E-state index contributed by atoms with van der Waals surface area (Å²) in [6, 6.07) is 7.22. The van der Waals surface area contributed by atoms with Gasteiger partial charge in [-0.2, -0.15) is 0 Å². The maximum atomic E-state index is 13.1. The molecule has 226 valence electrons. The van der Waals surface area contributed by atoms with Gasteiger partial charge in [-0.05, 0) is 24.6 Å². The number of nitrogens with one attached hydrogen (secondary N) is 3. The molecule has 0 saturated carbocycles. The first-order valence-corrected chi connectivity index (χ1v) is 14.9. The van der Waals surface area contributed by atoms with Crippen LogP contribution in [0.5, 0.6) is 11.5 Å². The van der Waals surface area contributed by atoms with Crippen molar-refractivity contribution in [1.29, 1.82) is 0 Å². The Balaban J connectivity index is 1.21. The summed E-state index contributed by atoms with van der Waals surface area (Å²) in [5.74, 6) is 0.838. The third-order valence-electron chi connectivity index (χ3n) is 8.04. The van der Waals surface area contributed by atoms with Crippen LogP contribution in [-0.2, 0) is 16.0 Å². The Morgan fingerprint density at radius 2 is 2.12 bits per heavy atom. The van der Waals surface area contributed by atoms with E-state index < -0.39 is 0 Å². The number of halogens is 1. The molecule has 12 heteroatoms. The molecule has 43 heavy (non-hydrogen) atoms. The molecule has 1 atom stereocenters. The van der Waals surface area contributed by atoms with Gasteiger partial charge in [-0.15, -0.1) is 0 Å². The summed E-state index contributed by atoms with van der Waals surface area (Å²) in [5, 5.41) is 6.79. The van der Waals surface area contributed by atoms with E-state index in [0.29, 0.717) is 65.3 Å². The summed E-state index contributed by atoms with van der Waals surface area (Å²) in [5.41, 5.74) is 4.00. The lowest BCUT2D eigenvalue weighted by Gasteiger charge is -2.40. The standard InChI is InChI=1S/C31H35ClN6O5/c1-41-30-22(32)4-2-5-24(30)36-29-27-23(8-11-34-31(27)40)35-28(29)21-7-10-33-18-25(21)43-19-20-9-13-38(20)26(39)6-3-12-37-14-16-42-17-15-37/h2-7,10,18,20,35-36H,8-9,11-17,19H2,1H3,(H,34,40)/b6-3+/t20-/m1/s1. The van der Waals surface area contributed by atoms with E-state index in [1.165, 1.54) is 0 Å². The van der Waals surface area contributed by atoms with Crippen molar-refractivity contribution in [2.24, 2.45) is 0 Å². The molecule has 0 radical (unpaired) electrons. The molecule has 2 aromatic heterocycles. The zero-order chi connectivity index (χ0) is 29.8. The lowest BCUT2D eigenvalue weighted by molar-refractivity contribution is -0.134. The second-order valence-corrected chi connectivity index (χ2v) is 11.1. The van der Waals surface area contributed by atoms with E-state index in [1.807, 2.05) is 29.2 Å². The van der Waals surface area contributed by atoms with Crippen LogP contribution in [0.25, 0.3) is 11.3 Å².